The molecule has 2 aromatic rings. The Bertz CT molecular complexity index is 545. The molecular formula is C11H10N2O4. The molecule has 4 N–H and O–H groups in total. The van der Waals surface area contributed by atoms with Crippen molar-refractivity contribution in [1.82, 2.24) is 4.98 Å². The van der Waals surface area contributed by atoms with E-state index < -0.39 is 5.97 Å². The van der Waals surface area contributed by atoms with Crippen molar-refractivity contribution in [3.63, 3.8) is 0 Å². The topological polar surface area (TPSA) is 110 Å². The highest BCUT2D eigenvalue weighted by Gasteiger charge is 2.18. The third-order valence-corrected chi connectivity index (χ3v) is 2.20. The highest BCUT2D eigenvalue weighted by atomic mass is 16.4. The quantitative estimate of drug-likeness (QED) is 0.736. The molecule has 6 nitrogen and oxygen atoms in total. The Hall–Kier alpha value is -2.34. The monoisotopic (exact) mass is 234 g/mol. The summed E-state index contributed by atoms with van der Waals surface area (Å²) in [6, 6.07) is 6.07. The Kier molecular flexibility index (Phi) is 2.80. The first-order chi connectivity index (χ1) is 8.11. The molecule has 0 aliphatic heterocycles. The molecule has 0 atom stereocenters. The molecule has 0 bridgehead atoms. The molecule has 1 heterocycles. The molecule has 0 unspecified atom stereocenters. The lowest BCUT2D eigenvalue weighted by Gasteiger charge is -1.95. The van der Waals surface area contributed by atoms with E-state index in [0.29, 0.717) is 5.56 Å². The number of hydrogen-bond acceptors (Lipinski definition) is 5. The number of hydrogen-bond donors (Lipinski definition) is 3. The maximum atomic E-state index is 10.9. The van der Waals surface area contributed by atoms with Crippen molar-refractivity contribution in [2.75, 3.05) is 0 Å². The van der Waals surface area contributed by atoms with E-state index in [9.17, 15) is 4.79 Å². The molecule has 1 aromatic carbocycles. The molecule has 0 radical (unpaired) electrons. The van der Waals surface area contributed by atoms with Crippen LogP contribution in [-0.2, 0) is 6.54 Å². The van der Waals surface area contributed by atoms with Crippen LogP contribution in [0.4, 0.5) is 0 Å². The summed E-state index contributed by atoms with van der Waals surface area (Å²) in [6.07, 6.45) is 0. The highest BCUT2D eigenvalue weighted by molar-refractivity contribution is 5.87. The van der Waals surface area contributed by atoms with Gasteiger partial charge in [-0.15, -0.1) is 0 Å². The zero-order chi connectivity index (χ0) is 12.4. The first-order valence-electron chi connectivity index (χ1n) is 4.84. The van der Waals surface area contributed by atoms with Gasteiger partial charge in [-0.25, -0.2) is 9.78 Å². The maximum absolute atomic E-state index is 10.9. The van der Waals surface area contributed by atoms with Gasteiger partial charge in [0, 0.05) is 5.56 Å². The van der Waals surface area contributed by atoms with Crippen molar-refractivity contribution in [2.45, 2.75) is 6.54 Å². The average molecular weight is 234 g/mol. The minimum absolute atomic E-state index is 0.0350. The Morgan fingerprint density at radius 3 is 2.47 bits per heavy atom. The van der Waals surface area contributed by atoms with E-state index >= 15 is 0 Å². The normalized spacial score (nSPS) is 10.4. The first kappa shape index (κ1) is 11.2. The van der Waals surface area contributed by atoms with Gasteiger partial charge in [0.1, 0.15) is 5.75 Å². The number of carboxylic acids is 1. The minimum atomic E-state index is -1.18. The standard InChI is InChI=1S/C11H10N2O4/c12-5-8-9(11(15)16)13-10(17-8)6-1-3-7(14)4-2-6/h1-4,14H,5,12H2,(H,15,16). The number of oxazole rings is 1. The van der Waals surface area contributed by atoms with Crippen molar-refractivity contribution >= 4 is 5.97 Å². The van der Waals surface area contributed by atoms with Crippen LogP contribution in [0.2, 0.25) is 0 Å². The van der Waals surface area contributed by atoms with E-state index in [1.54, 1.807) is 12.1 Å². The molecule has 17 heavy (non-hydrogen) atoms. The summed E-state index contributed by atoms with van der Waals surface area (Å²) in [5, 5.41) is 18.0. The molecule has 0 aliphatic carbocycles. The fourth-order valence-electron chi connectivity index (χ4n) is 1.38. The van der Waals surface area contributed by atoms with E-state index in [1.807, 2.05) is 0 Å². The number of carboxylic acid groups (broad SMARTS) is 1. The number of aromatic nitrogens is 1. The third kappa shape index (κ3) is 2.11. The van der Waals surface area contributed by atoms with Gasteiger partial charge in [-0.3, -0.25) is 0 Å². The third-order valence-electron chi connectivity index (χ3n) is 2.20. The van der Waals surface area contributed by atoms with Gasteiger partial charge in [0.2, 0.25) is 5.89 Å². The van der Waals surface area contributed by atoms with Gasteiger partial charge >= 0.3 is 5.97 Å². The van der Waals surface area contributed by atoms with Crippen molar-refractivity contribution in [3.8, 4) is 17.2 Å². The summed E-state index contributed by atoms with van der Waals surface area (Å²) >= 11 is 0. The molecule has 2 rings (SSSR count). The van der Waals surface area contributed by atoms with Crippen LogP contribution in [0.1, 0.15) is 16.2 Å². The van der Waals surface area contributed by atoms with Crippen molar-refractivity contribution < 1.29 is 19.4 Å². The number of phenols is 1. The molecule has 6 heteroatoms. The summed E-state index contributed by atoms with van der Waals surface area (Å²) < 4.78 is 5.25. The number of aromatic hydroxyl groups is 1. The van der Waals surface area contributed by atoms with Crippen LogP contribution in [0.5, 0.6) is 5.75 Å². The first-order valence-corrected chi connectivity index (χ1v) is 4.84. The zero-order valence-corrected chi connectivity index (χ0v) is 8.75. The van der Waals surface area contributed by atoms with Crippen LogP contribution in [0.25, 0.3) is 11.5 Å². The molecule has 0 spiro atoms. The Morgan fingerprint density at radius 1 is 1.35 bits per heavy atom. The van der Waals surface area contributed by atoms with Crippen molar-refractivity contribution in [1.29, 1.82) is 0 Å². The molecular weight excluding hydrogens is 224 g/mol. The van der Waals surface area contributed by atoms with Crippen LogP contribution >= 0.6 is 0 Å². The smallest absolute Gasteiger partial charge is 0.358 e. The van der Waals surface area contributed by atoms with E-state index in [4.69, 9.17) is 20.4 Å². The van der Waals surface area contributed by atoms with Crippen molar-refractivity contribution in [2.24, 2.45) is 5.73 Å². The van der Waals surface area contributed by atoms with Crippen LogP contribution in [0.3, 0.4) is 0 Å². The second-order valence-electron chi connectivity index (χ2n) is 3.35. The summed E-state index contributed by atoms with van der Waals surface area (Å²) in [4.78, 5) is 14.7. The number of carbonyl (C=O) groups is 1. The average Bonchev–Trinajstić information content (AvgIpc) is 2.74. The van der Waals surface area contributed by atoms with Gasteiger partial charge in [0.05, 0.1) is 6.54 Å². The second kappa shape index (κ2) is 4.26. The lowest BCUT2D eigenvalue weighted by atomic mass is 10.2. The predicted molar refractivity (Wildman–Crippen MR) is 58.5 cm³/mol. The van der Waals surface area contributed by atoms with Gasteiger partial charge in [0.25, 0.3) is 0 Å². The van der Waals surface area contributed by atoms with E-state index in [1.165, 1.54) is 12.1 Å². The van der Waals surface area contributed by atoms with Crippen molar-refractivity contribution in [3.05, 3.63) is 35.7 Å². The predicted octanol–water partition coefficient (Wildman–Crippen LogP) is 1.20. The second-order valence-corrected chi connectivity index (χ2v) is 3.35. The van der Waals surface area contributed by atoms with E-state index in [0.717, 1.165) is 0 Å². The number of phenolic OH excluding ortho intramolecular Hbond substituents is 1. The van der Waals surface area contributed by atoms with Crippen LogP contribution < -0.4 is 5.73 Å². The summed E-state index contributed by atoms with van der Waals surface area (Å²) in [7, 11) is 0. The molecule has 0 fully saturated rings. The highest BCUT2D eigenvalue weighted by Crippen LogP contribution is 2.23. The van der Waals surface area contributed by atoms with Gasteiger partial charge in [-0.1, -0.05) is 0 Å². The van der Waals surface area contributed by atoms with Gasteiger partial charge in [0.15, 0.2) is 11.5 Å². The van der Waals surface area contributed by atoms with E-state index in [-0.39, 0.29) is 29.6 Å². The van der Waals surface area contributed by atoms with Crippen LogP contribution in [-0.4, -0.2) is 21.2 Å². The van der Waals surface area contributed by atoms with Crippen LogP contribution in [0, 0.1) is 0 Å². The lowest BCUT2D eigenvalue weighted by molar-refractivity contribution is 0.0689. The SMILES string of the molecule is NCc1oc(-c2ccc(O)cc2)nc1C(=O)O. The minimum Gasteiger partial charge on any atom is -0.508 e. The largest absolute Gasteiger partial charge is 0.508 e. The number of nitrogens with zero attached hydrogens (tertiary/aromatic N) is 1. The zero-order valence-electron chi connectivity index (χ0n) is 8.75. The Balaban J connectivity index is 2.46. The Labute approximate surface area is 96.3 Å². The van der Waals surface area contributed by atoms with Crippen LogP contribution in [0.15, 0.2) is 28.7 Å². The lowest BCUT2D eigenvalue weighted by Crippen LogP contribution is -2.04. The molecule has 0 aliphatic rings. The Morgan fingerprint density at radius 2 is 2.00 bits per heavy atom. The molecule has 88 valence electrons. The fourth-order valence-corrected chi connectivity index (χ4v) is 1.38. The van der Waals surface area contributed by atoms with E-state index in [2.05, 4.69) is 4.98 Å². The summed E-state index contributed by atoms with van der Waals surface area (Å²) in [6.45, 7) is -0.0350. The fraction of sp³-hybridized carbons (Fsp3) is 0.0909. The van der Waals surface area contributed by atoms with Gasteiger partial charge in [-0.05, 0) is 24.3 Å². The van der Waals surface area contributed by atoms with Gasteiger partial charge < -0.3 is 20.4 Å². The summed E-state index contributed by atoms with van der Waals surface area (Å²) in [5.74, 6) is -0.777. The number of aromatic carboxylic acids is 1. The number of benzene rings is 1. The summed E-state index contributed by atoms with van der Waals surface area (Å²) in [5.41, 5.74) is 5.76. The number of rotatable bonds is 3. The molecule has 0 amide bonds. The number of nitrogens with two attached hydrogens (primary N) is 1. The molecule has 1 aromatic heterocycles. The maximum Gasteiger partial charge on any atom is 0.358 e. The van der Waals surface area contributed by atoms with Gasteiger partial charge in [-0.2, -0.15) is 0 Å². The molecule has 0 saturated carbocycles. The molecule has 0 saturated heterocycles.